The van der Waals surface area contributed by atoms with Crippen molar-refractivity contribution in [3.8, 4) is 23.3 Å². The van der Waals surface area contributed by atoms with Crippen LogP contribution in [0.4, 0.5) is 5.69 Å². The molecule has 8 aromatic rings. The Hall–Kier alpha value is -5.49. The molecule has 5 heterocycles. The van der Waals surface area contributed by atoms with Gasteiger partial charge in [-0.25, -0.2) is 0 Å². The molecule has 0 N–H and O–H groups in total. The lowest BCUT2D eigenvalue weighted by molar-refractivity contribution is 0.0901. The molecule has 0 amide bonds. The molecule has 12 rings (SSSR count). The molecule has 0 unspecified atom stereocenters. The SMILES string of the molecule is c1ccc(N2C3CC4CC(C3)CC2C4)c(-c2nc(-n3c4ccccc4c4ccccc43)nc(-n3c4ccccc4c4ccccc43)n2)c1. The van der Waals surface area contributed by atoms with Crippen LogP contribution in [0.25, 0.3) is 66.9 Å². The summed E-state index contributed by atoms with van der Waals surface area (Å²) in [6.45, 7) is 0. The fourth-order valence-electron chi connectivity index (χ4n) is 9.76. The van der Waals surface area contributed by atoms with Crippen molar-refractivity contribution in [3.05, 3.63) is 121 Å². The van der Waals surface area contributed by atoms with E-state index in [1.54, 1.807) is 0 Å². The zero-order valence-corrected chi connectivity index (χ0v) is 26.6. The minimum absolute atomic E-state index is 0.595. The summed E-state index contributed by atoms with van der Waals surface area (Å²) in [6.07, 6.45) is 6.64. The molecule has 6 nitrogen and oxygen atoms in total. The maximum Gasteiger partial charge on any atom is 0.240 e. The highest BCUT2D eigenvalue weighted by atomic mass is 15.3. The minimum atomic E-state index is 0.595. The second-order valence-corrected chi connectivity index (χ2v) is 14.1. The van der Waals surface area contributed by atoms with E-state index in [0.29, 0.717) is 29.8 Å². The first-order chi connectivity index (χ1) is 23.8. The van der Waals surface area contributed by atoms with Crippen LogP contribution in [0.2, 0.25) is 0 Å². The Morgan fingerprint density at radius 2 is 0.812 bits per heavy atom. The molecule has 3 aromatic heterocycles. The van der Waals surface area contributed by atoms with Crippen LogP contribution in [0.5, 0.6) is 0 Å². The van der Waals surface area contributed by atoms with Gasteiger partial charge in [0.2, 0.25) is 11.9 Å². The van der Waals surface area contributed by atoms with Crippen molar-refractivity contribution in [1.82, 2.24) is 24.1 Å². The van der Waals surface area contributed by atoms with Crippen LogP contribution in [0.3, 0.4) is 0 Å². The molecular weight excluding hydrogens is 589 g/mol. The van der Waals surface area contributed by atoms with Crippen LogP contribution in [0.15, 0.2) is 121 Å². The number of nitrogens with zero attached hydrogens (tertiary/aromatic N) is 6. The van der Waals surface area contributed by atoms with E-state index in [2.05, 4.69) is 135 Å². The number of piperidine rings is 2. The van der Waals surface area contributed by atoms with Crippen molar-refractivity contribution in [2.75, 3.05) is 4.90 Å². The lowest BCUT2D eigenvalue weighted by Gasteiger charge is -2.57. The smallest absolute Gasteiger partial charge is 0.240 e. The third-order valence-corrected chi connectivity index (χ3v) is 11.5. The molecule has 4 aliphatic rings. The fourth-order valence-corrected chi connectivity index (χ4v) is 9.76. The maximum atomic E-state index is 5.39. The Morgan fingerprint density at radius 3 is 1.27 bits per heavy atom. The van der Waals surface area contributed by atoms with Gasteiger partial charge in [0, 0.05) is 44.9 Å². The highest BCUT2D eigenvalue weighted by molar-refractivity contribution is 6.10. The first-order valence-electron chi connectivity index (χ1n) is 17.4. The van der Waals surface area contributed by atoms with Crippen LogP contribution >= 0.6 is 0 Å². The van der Waals surface area contributed by atoms with Crippen molar-refractivity contribution in [2.24, 2.45) is 11.8 Å². The lowest BCUT2D eigenvalue weighted by Crippen LogP contribution is -2.58. The number of hydrogen-bond donors (Lipinski definition) is 0. The Kier molecular flexibility index (Phi) is 5.54. The average Bonchev–Trinajstić information content (AvgIpc) is 3.64. The Morgan fingerprint density at radius 1 is 0.417 bits per heavy atom. The summed E-state index contributed by atoms with van der Waals surface area (Å²) in [7, 11) is 0. The van der Waals surface area contributed by atoms with E-state index < -0.39 is 0 Å². The first-order valence-corrected chi connectivity index (χ1v) is 17.4. The van der Waals surface area contributed by atoms with Gasteiger partial charge in [-0.3, -0.25) is 9.13 Å². The highest BCUT2D eigenvalue weighted by Gasteiger charge is 2.47. The predicted octanol–water partition coefficient (Wildman–Crippen LogP) is 9.50. The number of rotatable bonds is 4. The first kappa shape index (κ1) is 26.6. The summed E-state index contributed by atoms with van der Waals surface area (Å²) in [5, 5.41) is 4.75. The van der Waals surface area contributed by atoms with Crippen LogP contribution < -0.4 is 4.90 Å². The molecule has 0 atom stereocenters. The molecule has 0 radical (unpaired) electrons. The standard InChI is InChI=1S/C42H34N6/c1-6-16-35-30(11-1)31-12-2-7-17-36(31)47(35)41-43-40(34-15-5-10-20-39(34)46-28-22-26-21-27(24-28)25-29(46)23-26)44-42(45-41)48-37-18-8-3-13-32(37)33-14-4-9-19-38(33)48/h1-20,26-29H,21-25H2. The van der Waals surface area contributed by atoms with Crippen LogP contribution in [-0.2, 0) is 0 Å². The van der Waals surface area contributed by atoms with E-state index in [9.17, 15) is 0 Å². The number of anilines is 1. The van der Waals surface area contributed by atoms with E-state index in [0.717, 1.165) is 39.5 Å². The Bertz CT molecular complexity index is 2290. The fraction of sp³-hybridized carbons (Fsp3) is 0.214. The predicted molar refractivity (Wildman–Crippen MR) is 194 cm³/mol. The van der Waals surface area contributed by atoms with Gasteiger partial charge in [0.15, 0.2) is 5.82 Å². The van der Waals surface area contributed by atoms with Gasteiger partial charge in [-0.2, -0.15) is 15.0 Å². The summed E-state index contributed by atoms with van der Waals surface area (Å²) in [6, 6.07) is 44.3. The second kappa shape index (κ2) is 10.0. The van der Waals surface area contributed by atoms with Gasteiger partial charge in [-0.05, 0) is 80.3 Å². The minimum Gasteiger partial charge on any atom is -0.365 e. The Balaban J connectivity index is 1.21. The number of para-hydroxylation sites is 5. The molecule has 2 aliphatic heterocycles. The molecule has 0 spiro atoms. The van der Waals surface area contributed by atoms with E-state index in [1.807, 2.05) is 0 Å². The van der Waals surface area contributed by atoms with Gasteiger partial charge >= 0.3 is 0 Å². The van der Waals surface area contributed by atoms with Crippen LogP contribution in [0, 0.1) is 11.8 Å². The van der Waals surface area contributed by atoms with Gasteiger partial charge in [0.05, 0.1) is 22.1 Å². The summed E-state index contributed by atoms with van der Waals surface area (Å²) < 4.78 is 4.44. The molecule has 48 heavy (non-hydrogen) atoms. The van der Waals surface area contributed by atoms with Crippen LogP contribution in [0.1, 0.15) is 32.1 Å². The number of hydrogen-bond acceptors (Lipinski definition) is 4. The zero-order chi connectivity index (χ0) is 31.3. The van der Waals surface area contributed by atoms with Gasteiger partial charge in [-0.15, -0.1) is 0 Å². The summed E-state index contributed by atoms with van der Waals surface area (Å²) >= 11 is 0. The molecular formula is C42H34N6. The molecule has 232 valence electrons. The van der Waals surface area contributed by atoms with Crippen molar-refractivity contribution in [3.63, 3.8) is 0 Å². The molecule has 2 saturated heterocycles. The van der Waals surface area contributed by atoms with E-state index in [4.69, 9.17) is 15.0 Å². The second-order valence-electron chi connectivity index (χ2n) is 14.1. The number of aromatic nitrogens is 5. The van der Waals surface area contributed by atoms with Crippen molar-refractivity contribution < 1.29 is 0 Å². The summed E-state index contributed by atoms with van der Waals surface area (Å²) in [4.78, 5) is 18.9. The third-order valence-electron chi connectivity index (χ3n) is 11.5. The van der Waals surface area contributed by atoms with Gasteiger partial charge in [0.25, 0.3) is 0 Å². The molecule has 6 heteroatoms. The summed E-state index contributed by atoms with van der Waals surface area (Å²) in [5.74, 6) is 3.74. The molecule has 5 aromatic carbocycles. The lowest BCUT2D eigenvalue weighted by atomic mass is 9.63. The van der Waals surface area contributed by atoms with Gasteiger partial charge in [0.1, 0.15) is 0 Å². The Labute approximate surface area is 278 Å². The van der Waals surface area contributed by atoms with Crippen LogP contribution in [-0.4, -0.2) is 36.2 Å². The number of benzene rings is 5. The van der Waals surface area contributed by atoms with Crippen molar-refractivity contribution >= 4 is 49.3 Å². The van der Waals surface area contributed by atoms with E-state index in [1.165, 1.54) is 59.3 Å². The normalized spacial score (nSPS) is 21.7. The molecule has 4 bridgehead atoms. The quantitative estimate of drug-likeness (QED) is 0.196. The largest absolute Gasteiger partial charge is 0.365 e. The van der Waals surface area contributed by atoms with E-state index >= 15 is 0 Å². The molecule has 2 aliphatic carbocycles. The molecule has 4 fully saturated rings. The van der Waals surface area contributed by atoms with E-state index in [-0.39, 0.29) is 0 Å². The van der Waals surface area contributed by atoms with Gasteiger partial charge in [-0.1, -0.05) is 84.9 Å². The maximum absolute atomic E-state index is 5.39. The topological polar surface area (TPSA) is 51.8 Å². The van der Waals surface area contributed by atoms with Crippen molar-refractivity contribution in [2.45, 2.75) is 44.2 Å². The third kappa shape index (κ3) is 3.77. The summed E-state index contributed by atoms with van der Waals surface area (Å²) in [5.41, 5.74) is 6.68. The highest BCUT2D eigenvalue weighted by Crippen LogP contribution is 2.52. The monoisotopic (exact) mass is 622 g/mol. The zero-order valence-electron chi connectivity index (χ0n) is 26.6. The van der Waals surface area contributed by atoms with Crippen molar-refractivity contribution in [1.29, 1.82) is 0 Å². The van der Waals surface area contributed by atoms with Gasteiger partial charge < -0.3 is 4.90 Å². The average molecular weight is 623 g/mol. The number of fused-ring (bicyclic) bond motifs is 6. The molecule has 2 saturated carbocycles.